The molecular formula is C19H23N3O2. The van der Waals surface area contributed by atoms with Crippen LogP contribution in [0.3, 0.4) is 0 Å². The molecular weight excluding hydrogens is 302 g/mol. The Morgan fingerprint density at radius 1 is 1.29 bits per heavy atom. The average Bonchev–Trinajstić information content (AvgIpc) is 2.61. The van der Waals surface area contributed by atoms with E-state index in [0.29, 0.717) is 11.6 Å². The summed E-state index contributed by atoms with van der Waals surface area (Å²) in [5.41, 5.74) is 2.23. The van der Waals surface area contributed by atoms with Crippen LogP contribution in [0, 0.1) is 5.92 Å². The minimum absolute atomic E-state index is 0.0100. The first-order valence-electron chi connectivity index (χ1n) is 8.32. The summed E-state index contributed by atoms with van der Waals surface area (Å²) in [6.45, 7) is 3.82. The summed E-state index contributed by atoms with van der Waals surface area (Å²) in [5, 5.41) is 3.29. The molecule has 2 heterocycles. The minimum atomic E-state index is 0.0100. The Kier molecular flexibility index (Phi) is 4.99. The van der Waals surface area contributed by atoms with Crippen LogP contribution in [0.15, 0.2) is 42.6 Å². The third-order valence-corrected chi connectivity index (χ3v) is 4.28. The highest BCUT2D eigenvalue weighted by atomic mass is 16.5. The third-order valence-electron chi connectivity index (χ3n) is 4.28. The molecule has 0 aliphatic carbocycles. The standard InChI is InChI=1S/C19H23N3O2/c1-14-5-4-10-22(13-14)19(23)18-12-16(8-9-20-18)21-15-6-3-7-17(11-15)24-2/h3,6-9,11-12,14H,4-5,10,13H2,1-2H3,(H,20,21). The Bertz CT molecular complexity index is 717. The summed E-state index contributed by atoms with van der Waals surface area (Å²) in [7, 11) is 1.64. The van der Waals surface area contributed by atoms with Gasteiger partial charge in [0.2, 0.25) is 0 Å². The Hall–Kier alpha value is -2.56. The lowest BCUT2D eigenvalue weighted by Crippen LogP contribution is -2.39. The minimum Gasteiger partial charge on any atom is -0.497 e. The van der Waals surface area contributed by atoms with Crippen LogP contribution in [0.25, 0.3) is 0 Å². The summed E-state index contributed by atoms with van der Waals surface area (Å²) in [6, 6.07) is 11.3. The molecule has 1 saturated heterocycles. The van der Waals surface area contributed by atoms with Crippen LogP contribution in [0.2, 0.25) is 0 Å². The zero-order valence-corrected chi connectivity index (χ0v) is 14.2. The number of aromatic nitrogens is 1. The highest BCUT2D eigenvalue weighted by Gasteiger charge is 2.22. The van der Waals surface area contributed by atoms with Crippen molar-refractivity contribution in [3.63, 3.8) is 0 Å². The van der Waals surface area contributed by atoms with Gasteiger partial charge in [0.1, 0.15) is 11.4 Å². The third kappa shape index (κ3) is 3.85. The van der Waals surface area contributed by atoms with Gasteiger partial charge in [-0.05, 0) is 43.0 Å². The molecule has 5 nitrogen and oxygen atoms in total. The highest BCUT2D eigenvalue weighted by molar-refractivity contribution is 5.93. The number of likely N-dealkylation sites (tertiary alicyclic amines) is 1. The van der Waals surface area contributed by atoms with Gasteiger partial charge in [0, 0.05) is 36.7 Å². The van der Waals surface area contributed by atoms with E-state index in [2.05, 4.69) is 17.2 Å². The molecule has 1 aromatic carbocycles. The van der Waals surface area contributed by atoms with Crippen molar-refractivity contribution in [3.05, 3.63) is 48.3 Å². The molecule has 1 unspecified atom stereocenters. The maximum Gasteiger partial charge on any atom is 0.272 e. The molecule has 1 aromatic heterocycles. The molecule has 0 radical (unpaired) electrons. The molecule has 3 rings (SSSR count). The van der Waals surface area contributed by atoms with Crippen LogP contribution < -0.4 is 10.1 Å². The molecule has 24 heavy (non-hydrogen) atoms. The Balaban J connectivity index is 1.74. The number of carbonyl (C=O) groups excluding carboxylic acids is 1. The number of carbonyl (C=O) groups is 1. The molecule has 126 valence electrons. The van der Waals surface area contributed by atoms with Gasteiger partial charge in [-0.2, -0.15) is 0 Å². The zero-order valence-electron chi connectivity index (χ0n) is 14.2. The number of anilines is 2. The number of methoxy groups -OCH3 is 1. The second-order valence-electron chi connectivity index (χ2n) is 6.29. The van der Waals surface area contributed by atoms with E-state index < -0.39 is 0 Å². The molecule has 5 heteroatoms. The zero-order chi connectivity index (χ0) is 16.9. The number of benzene rings is 1. The SMILES string of the molecule is COc1cccc(Nc2ccnc(C(=O)N3CCCC(C)C3)c2)c1. The fourth-order valence-corrected chi connectivity index (χ4v) is 3.03. The van der Waals surface area contributed by atoms with Gasteiger partial charge < -0.3 is 15.0 Å². The summed E-state index contributed by atoms with van der Waals surface area (Å²) in [6.07, 6.45) is 3.92. The number of piperidine rings is 1. The second-order valence-corrected chi connectivity index (χ2v) is 6.29. The van der Waals surface area contributed by atoms with Gasteiger partial charge in [0.05, 0.1) is 7.11 Å². The topological polar surface area (TPSA) is 54.5 Å². The molecule has 1 fully saturated rings. The highest BCUT2D eigenvalue weighted by Crippen LogP contribution is 2.22. The van der Waals surface area contributed by atoms with Crippen molar-refractivity contribution in [1.82, 2.24) is 9.88 Å². The summed E-state index contributed by atoms with van der Waals surface area (Å²) < 4.78 is 5.23. The van der Waals surface area contributed by atoms with Crippen LogP contribution in [0.4, 0.5) is 11.4 Å². The molecule has 0 bridgehead atoms. The Labute approximate surface area is 142 Å². The predicted octanol–water partition coefficient (Wildman–Crippen LogP) is 3.71. The number of nitrogens with one attached hydrogen (secondary N) is 1. The summed E-state index contributed by atoms with van der Waals surface area (Å²) >= 11 is 0. The van der Waals surface area contributed by atoms with Crippen molar-refractivity contribution < 1.29 is 9.53 Å². The first-order valence-corrected chi connectivity index (χ1v) is 8.32. The number of hydrogen-bond donors (Lipinski definition) is 1. The van der Waals surface area contributed by atoms with E-state index in [-0.39, 0.29) is 5.91 Å². The van der Waals surface area contributed by atoms with Crippen LogP contribution >= 0.6 is 0 Å². The monoisotopic (exact) mass is 325 g/mol. The maximum atomic E-state index is 12.7. The van der Waals surface area contributed by atoms with E-state index in [1.54, 1.807) is 19.4 Å². The van der Waals surface area contributed by atoms with E-state index in [4.69, 9.17) is 4.74 Å². The van der Waals surface area contributed by atoms with Gasteiger partial charge in [-0.25, -0.2) is 0 Å². The molecule has 1 aliphatic heterocycles. The lowest BCUT2D eigenvalue weighted by atomic mass is 10.00. The van der Waals surface area contributed by atoms with Crippen LogP contribution in [0.5, 0.6) is 5.75 Å². The molecule has 1 amide bonds. The van der Waals surface area contributed by atoms with Gasteiger partial charge in [0.15, 0.2) is 0 Å². The lowest BCUT2D eigenvalue weighted by Gasteiger charge is -2.30. The summed E-state index contributed by atoms with van der Waals surface area (Å²) in [4.78, 5) is 18.8. The van der Waals surface area contributed by atoms with E-state index in [1.165, 1.54) is 6.42 Å². The number of nitrogens with zero attached hydrogens (tertiary/aromatic N) is 2. The number of ether oxygens (including phenoxy) is 1. The van der Waals surface area contributed by atoms with Crippen molar-refractivity contribution in [2.45, 2.75) is 19.8 Å². The Morgan fingerprint density at radius 3 is 2.92 bits per heavy atom. The van der Waals surface area contributed by atoms with Crippen molar-refractivity contribution in [2.75, 3.05) is 25.5 Å². The lowest BCUT2D eigenvalue weighted by molar-refractivity contribution is 0.0677. The Morgan fingerprint density at radius 2 is 2.12 bits per heavy atom. The van der Waals surface area contributed by atoms with E-state index in [1.807, 2.05) is 35.2 Å². The second kappa shape index (κ2) is 7.34. The molecule has 2 aromatic rings. The molecule has 1 N–H and O–H groups in total. The number of rotatable bonds is 4. The van der Waals surface area contributed by atoms with E-state index >= 15 is 0 Å². The van der Waals surface area contributed by atoms with Crippen molar-refractivity contribution in [2.24, 2.45) is 5.92 Å². The molecule has 1 atom stereocenters. The molecule has 0 saturated carbocycles. The van der Waals surface area contributed by atoms with Crippen molar-refractivity contribution >= 4 is 17.3 Å². The smallest absolute Gasteiger partial charge is 0.272 e. The fourth-order valence-electron chi connectivity index (χ4n) is 3.03. The predicted molar refractivity (Wildman–Crippen MR) is 94.8 cm³/mol. The largest absolute Gasteiger partial charge is 0.497 e. The first kappa shape index (κ1) is 16.3. The maximum absolute atomic E-state index is 12.7. The fraction of sp³-hybridized carbons (Fsp3) is 0.368. The van der Waals surface area contributed by atoms with E-state index in [9.17, 15) is 4.79 Å². The number of amides is 1. The first-order chi connectivity index (χ1) is 11.7. The van der Waals surface area contributed by atoms with Crippen molar-refractivity contribution in [3.8, 4) is 5.75 Å². The van der Waals surface area contributed by atoms with Gasteiger partial charge in [0.25, 0.3) is 5.91 Å². The normalized spacial score (nSPS) is 17.4. The number of hydrogen-bond acceptors (Lipinski definition) is 4. The van der Waals surface area contributed by atoms with E-state index in [0.717, 1.165) is 36.6 Å². The van der Waals surface area contributed by atoms with Gasteiger partial charge in [-0.15, -0.1) is 0 Å². The molecule has 0 spiro atoms. The summed E-state index contributed by atoms with van der Waals surface area (Å²) in [5.74, 6) is 1.35. The van der Waals surface area contributed by atoms with Crippen molar-refractivity contribution in [1.29, 1.82) is 0 Å². The van der Waals surface area contributed by atoms with Gasteiger partial charge >= 0.3 is 0 Å². The molecule has 1 aliphatic rings. The van der Waals surface area contributed by atoms with Crippen LogP contribution in [-0.2, 0) is 0 Å². The van der Waals surface area contributed by atoms with Gasteiger partial charge in [-0.3, -0.25) is 9.78 Å². The van der Waals surface area contributed by atoms with Crippen LogP contribution in [0.1, 0.15) is 30.3 Å². The number of pyridine rings is 1. The van der Waals surface area contributed by atoms with Gasteiger partial charge in [-0.1, -0.05) is 13.0 Å². The quantitative estimate of drug-likeness (QED) is 0.931. The van der Waals surface area contributed by atoms with Crippen LogP contribution in [-0.4, -0.2) is 36.0 Å². The average molecular weight is 325 g/mol.